The Hall–Kier alpha value is -2.51. The Labute approximate surface area is 171 Å². The lowest BCUT2D eigenvalue weighted by Gasteiger charge is -2.30. The summed E-state index contributed by atoms with van der Waals surface area (Å²) in [6.07, 6.45) is -0.123. The molecule has 1 amide bonds. The smallest absolute Gasteiger partial charge is 0.326 e. The van der Waals surface area contributed by atoms with Gasteiger partial charge in [-0.15, -0.1) is 11.8 Å². The van der Waals surface area contributed by atoms with E-state index in [2.05, 4.69) is 0 Å². The monoisotopic (exact) mass is 419 g/mol. The molecule has 0 bridgehead atoms. The fourth-order valence-electron chi connectivity index (χ4n) is 3.45. The van der Waals surface area contributed by atoms with Crippen LogP contribution in [0.2, 0.25) is 5.02 Å². The van der Waals surface area contributed by atoms with Crippen molar-refractivity contribution in [2.24, 2.45) is 5.92 Å². The van der Waals surface area contributed by atoms with Crippen LogP contribution in [-0.4, -0.2) is 44.8 Å². The second-order valence-electron chi connectivity index (χ2n) is 6.43. The third kappa shape index (κ3) is 4.31. The van der Waals surface area contributed by atoms with Crippen LogP contribution in [0.3, 0.4) is 0 Å². The van der Waals surface area contributed by atoms with E-state index in [0.29, 0.717) is 10.6 Å². The summed E-state index contributed by atoms with van der Waals surface area (Å²) >= 11 is 7.11. The number of amides is 1. The summed E-state index contributed by atoms with van der Waals surface area (Å²) < 4.78 is 0. The molecule has 0 radical (unpaired) electrons. The number of carbonyl (C=O) groups is 3. The molecule has 8 heteroatoms. The number of thioether (sulfide) groups is 1. The molecule has 1 aliphatic rings. The fourth-order valence-corrected chi connectivity index (χ4v) is 4.34. The first-order valence-electron chi connectivity index (χ1n) is 8.58. The van der Waals surface area contributed by atoms with Gasteiger partial charge in [-0.1, -0.05) is 41.9 Å². The molecule has 6 nitrogen and oxygen atoms in total. The predicted octanol–water partition coefficient (Wildman–Crippen LogP) is 3.56. The quantitative estimate of drug-likeness (QED) is 0.695. The number of carboxylic acids is 2. The van der Waals surface area contributed by atoms with Gasteiger partial charge >= 0.3 is 11.9 Å². The number of hydrogen-bond acceptors (Lipinski definition) is 4. The number of hydrogen-bond donors (Lipinski definition) is 2. The van der Waals surface area contributed by atoms with Crippen molar-refractivity contribution < 1.29 is 24.6 Å². The van der Waals surface area contributed by atoms with Gasteiger partial charge in [0.2, 0.25) is 5.91 Å². The highest BCUT2D eigenvalue weighted by molar-refractivity contribution is 8.00. The zero-order chi connectivity index (χ0) is 20.3. The average molecular weight is 420 g/mol. The molecule has 0 spiro atoms. The van der Waals surface area contributed by atoms with Crippen LogP contribution in [0.5, 0.6) is 0 Å². The number of likely N-dealkylation sites (tertiary alicyclic amines) is 1. The van der Waals surface area contributed by atoms with Crippen molar-refractivity contribution in [1.82, 2.24) is 4.90 Å². The SMILES string of the molecule is O=C(O)C1CC(C(=O)O)N(C(=O)CSc2ccc(Cl)cc2)C1c1ccccc1. The average Bonchev–Trinajstić information content (AvgIpc) is 3.09. The van der Waals surface area contributed by atoms with Gasteiger partial charge in [-0.3, -0.25) is 9.59 Å². The van der Waals surface area contributed by atoms with Crippen molar-refractivity contribution >= 4 is 41.2 Å². The first-order valence-corrected chi connectivity index (χ1v) is 9.95. The molecular formula is C20H18ClNO5S. The van der Waals surface area contributed by atoms with Crippen LogP contribution in [0.1, 0.15) is 18.0 Å². The fraction of sp³-hybridized carbons (Fsp3) is 0.250. The van der Waals surface area contributed by atoms with E-state index in [1.807, 2.05) is 0 Å². The van der Waals surface area contributed by atoms with Gasteiger partial charge in [0.05, 0.1) is 17.7 Å². The second kappa shape index (κ2) is 8.67. The van der Waals surface area contributed by atoms with Crippen LogP contribution >= 0.6 is 23.4 Å². The third-order valence-corrected chi connectivity index (χ3v) is 5.95. The van der Waals surface area contributed by atoms with Gasteiger partial charge in [0.1, 0.15) is 6.04 Å². The number of benzene rings is 2. The summed E-state index contributed by atoms with van der Waals surface area (Å²) in [6.45, 7) is 0. The molecule has 28 heavy (non-hydrogen) atoms. The molecule has 3 unspecified atom stereocenters. The standard InChI is InChI=1S/C20H18ClNO5S/c21-13-6-8-14(9-7-13)28-11-17(23)22-16(20(26)27)10-15(19(24)25)18(22)12-4-2-1-3-5-12/h1-9,15-16,18H,10-11H2,(H,24,25)(H,26,27). The van der Waals surface area contributed by atoms with Crippen molar-refractivity contribution in [3.8, 4) is 0 Å². The summed E-state index contributed by atoms with van der Waals surface area (Å²) in [7, 11) is 0. The molecule has 0 saturated carbocycles. The molecule has 1 saturated heterocycles. The molecule has 1 fully saturated rings. The highest BCUT2D eigenvalue weighted by Gasteiger charge is 2.50. The number of aliphatic carboxylic acids is 2. The van der Waals surface area contributed by atoms with Crippen LogP contribution in [-0.2, 0) is 14.4 Å². The zero-order valence-corrected chi connectivity index (χ0v) is 16.3. The Morgan fingerprint density at radius 1 is 1.00 bits per heavy atom. The summed E-state index contributed by atoms with van der Waals surface area (Å²) in [5.41, 5.74) is 0.614. The summed E-state index contributed by atoms with van der Waals surface area (Å²) in [5, 5.41) is 19.8. The Bertz CT molecular complexity index is 874. The Kier molecular flexibility index (Phi) is 6.26. The van der Waals surface area contributed by atoms with Gasteiger partial charge in [-0.2, -0.15) is 0 Å². The van der Waals surface area contributed by atoms with E-state index in [9.17, 15) is 24.6 Å². The Balaban J connectivity index is 1.88. The molecule has 1 aliphatic heterocycles. The van der Waals surface area contributed by atoms with E-state index in [4.69, 9.17) is 11.6 Å². The van der Waals surface area contributed by atoms with E-state index in [1.165, 1.54) is 16.7 Å². The summed E-state index contributed by atoms with van der Waals surface area (Å²) in [4.78, 5) is 38.6. The van der Waals surface area contributed by atoms with E-state index < -0.39 is 35.8 Å². The van der Waals surface area contributed by atoms with Crippen molar-refractivity contribution in [2.45, 2.75) is 23.4 Å². The van der Waals surface area contributed by atoms with Crippen molar-refractivity contribution in [2.75, 3.05) is 5.75 Å². The minimum atomic E-state index is -1.20. The largest absolute Gasteiger partial charge is 0.481 e. The number of rotatable bonds is 6. The lowest BCUT2D eigenvalue weighted by atomic mass is 9.93. The van der Waals surface area contributed by atoms with Crippen molar-refractivity contribution in [1.29, 1.82) is 0 Å². The molecule has 0 aromatic heterocycles. The molecule has 2 aromatic carbocycles. The molecule has 3 rings (SSSR count). The van der Waals surface area contributed by atoms with Crippen LogP contribution in [0.15, 0.2) is 59.5 Å². The maximum atomic E-state index is 13.0. The maximum absolute atomic E-state index is 13.0. The molecule has 146 valence electrons. The normalized spacial score (nSPS) is 21.5. The molecular weight excluding hydrogens is 402 g/mol. The number of carboxylic acid groups (broad SMARTS) is 2. The Morgan fingerprint density at radius 3 is 2.21 bits per heavy atom. The number of nitrogens with zero attached hydrogens (tertiary/aromatic N) is 1. The van der Waals surface area contributed by atoms with Gasteiger partial charge in [0, 0.05) is 9.92 Å². The first-order chi connectivity index (χ1) is 13.4. The van der Waals surface area contributed by atoms with Gasteiger partial charge in [0.25, 0.3) is 0 Å². The summed E-state index contributed by atoms with van der Waals surface area (Å²) in [5.74, 6) is -3.70. The van der Waals surface area contributed by atoms with Gasteiger partial charge in [0.15, 0.2) is 0 Å². The molecule has 0 aliphatic carbocycles. The topological polar surface area (TPSA) is 94.9 Å². The third-order valence-electron chi connectivity index (χ3n) is 4.70. The minimum absolute atomic E-state index is 0.00108. The highest BCUT2D eigenvalue weighted by Crippen LogP contribution is 2.42. The van der Waals surface area contributed by atoms with Crippen LogP contribution < -0.4 is 0 Å². The molecule has 2 N–H and O–H groups in total. The van der Waals surface area contributed by atoms with E-state index in [0.717, 1.165) is 4.90 Å². The van der Waals surface area contributed by atoms with E-state index in [1.54, 1.807) is 54.6 Å². The second-order valence-corrected chi connectivity index (χ2v) is 7.92. The van der Waals surface area contributed by atoms with Crippen molar-refractivity contribution in [3.05, 3.63) is 65.2 Å². The van der Waals surface area contributed by atoms with Gasteiger partial charge in [-0.25, -0.2) is 4.79 Å². The lowest BCUT2D eigenvalue weighted by molar-refractivity contribution is -0.149. The maximum Gasteiger partial charge on any atom is 0.326 e. The number of carbonyl (C=O) groups excluding carboxylic acids is 1. The highest BCUT2D eigenvalue weighted by atomic mass is 35.5. The first kappa shape index (κ1) is 20.2. The molecule has 1 heterocycles. The van der Waals surface area contributed by atoms with E-state index in [-0.39, 0.29) is 12.2 Å². The van der Waals surface area contributed by atoms with Gasteiger partial charge < -0.3 is 15.1 Å². The van der Waals surface area contributed by atoms with Gasteiger partial charge in [-0.05, 0) is 36.2 Å². The minimum Gasteiger partial charge on any atom is -0.481 e. The summed E-state index contributed by atoms with van der Waals surface area (Å²) in [6, 6.07) is 13.7. The van der Waals surface area contributed by atoms with Crippen LogP contribution in [0.4, 0.5) is 0 Å². The Morgan fingerprint density at radius 2 is 1.64 bits per heavy atom. The van der Waals surface area contributed by atoms with E-state index >= 15 is 0 Å². The number of halogens is 1. The zero-order valence-electron chi connectivity index (χ0n) is 14.7. The van der Waals surface area contributed by atoms with Crippen molar-refractivity contribution in [3.63, 3.8) is 0 Å². The lowest BCUT2D eigenvalue weighted by Crippen LogP contribution is -2.43. The molecule has 3 atom stereocenters. The predicted molar refractivity (Wildman–Crippen MR) is 105 cm³/mol. The molecule has 2 aromatic rings. The van der Waals surface area contributed by atoms with Crippen LogP contribution in [0, 0.1) is 5.92 Å². The van der Waals surface area contributed by atoms with Crippen LogP contribution in [0.25, 0.3) is 0 Å².